The number of ether oxygens (including phenoxy) is 1. The van der Waals surface area contributed by atoms with Crippen molar-refractivity contribution < 1.29 is 17.9 Å². The number of nitrogens with one attached hydrogen (secondary N) is 1. The first-order valence-corrected chi connectivity index (χ1v) is 5.49. The molecule has 2 nitrogen and oxygen atoms in total. The summed E-state index contributed by atoms with van der Waals surface area (Å²) in [5, 5.41) is 2.50. The molecule has 0 aliphatic carbocycles. The van der Waals surface area contributed by atoms with Gasteiger partial charge >= 0.3 is 6.18 Å². The van der Waals surface area contributed by atoms with E-state index >= 15 is 0 Å². The molecule has 0 unspecified atom stereocenters. The predicted molar refractivity (Wildman–Crippen MR) is 58.2 cm³/mol. The molecular weight excluding hydrogens is 231 g/mol. The summed E-state index contributed by atoms with van der Waals surface area (Å²) in [4.78, 5) is 0. The molecule has 0 spiro atoms. The molecule has 5 heteroatoms. The Morgan fingerprint density at radius 1 is 1.41 bits per heavy atom. The molecule has 94 valence electrons. The Labute approximate surface area is 97.8 Å². The monoisotopic (exact) mass is 245 g/mol. The van der Waals surface area contributed by atoms with Crippen LogP contribution in [0, 0.1) is 0 Å². The SMILES string of the molecule is C[C@@H](NCC(F)(F)F)[C@H]1COc2ccccc21. The molecule has 0 amide bonds. The van der Waals surface area contributed by atoms with Crippen LogP contribution in [0.3, 0.4) is 0 Å². The minimum atomic E-state index is -4.17. The van der Waals surface area contributed by atoms with Gasteiger partial charge in [-0.1, -0.05) is 18.2 Å². The van der Waals surface area contributed by atoms with Crippen molar-refractivity contribution >= 4 is 0 Å². The average Bonchev–Trinajstić information content (AvgIpc) is 2.68. The van der Waals surface area contributed by atoms with Gasteiger partial charge in [0, 0.05) is 17.5 Å². The molecule has 0 bridgehead atoms. The lowest BCUT2D eigenvalue weighted by molar-refractivity contribution is -0.126. The molecule has 0 fully saturated rings. The number of halogens is 3. The lowest BCUT2D eigenvalue weighted by Gasteiger charge is -2.20. The largest absolute Gasteiger partial charge is 0.493 e. The summed E-state index contributed by atoms with van der Waals surface area (Å²) >= 11 is 0. The van der Waals surface area contributed by atoms with Crippen LogP contribution in [0.1, 0.15) is 18.4 Å². The normalized spacial score (nSPS) is 20.8. The van der Waals surface area contributed by atoms with E-state index in [1.54, 1.807) is 6.92 Å². The highest BCUT2D eigenvalue weighted by Gasteiger charge is 2.32. The Hall–Kier alpha value is -1.23. The van der Waals surface area contributed by atoms with E-state index in [1.165, 1.54) is 0 Å². The molecule has 2 rings (SSSR count). The van der Waals surface area contributed by atoms with Crippen LogP contribution in [-0.2, 0) is 0 Å². The van der Waals surface area contributed by atoms with Crippen LogP contribution in [0.2, 0.25) is 0 Å². The van der Waals surface area contributed by atoms with Gasteiger partial charge in [0.1, 0.15) is 5.75 Å². The number of alkyl halides is 3. The van der Waals surface area contributed by atoms with Crippen LogP contribution in [-0.4, -0.2) is 25.4 Å². The van der Waals surface area contributed by atoms with Crippen LogP contribution < -0.4 is 10.1 Å². The fraction of sp³-hybridized carbons (Fsp3) is 0.500. The van der Waals surface area contributed by atoms with Gasteiger partial charge in [-0.25, -0.2) is 0 Å². The second-order valence-electron chi connectivity index (χ2n) is 4.24. The maximum absolute atomic E-state index is 12.1. The summed E-state index contributed by atoms with van der Waals surface area (Å²) in [7, 11) is 0. The molecule has 0 aromatic heterocycles. The van der Waals surface area contributed by atoms with Crippen molar-refractivity contribution in [3.05, 3.63) is 29.8 Å². The molecule has 0 radical (unpaired) electrons. The zero-order valence-electron chi connectivity index (χ0n) is 9.42. The second-order valence-corrected chi connectivity index (χ2v) is 4.24. The smallest absolute Gasteiger partial charge is 0.401 e. The maximum atomic E-state index is 12.1. The summed E-state index contributed by atoms with van der Waals surface area (Å²) in [6.07, 6.45) is -4.17. The van der Waals surface area contributed by atoms with Crippen molar-refractivity contribution in [3.8, 4) is 5.75 Å². The molecule has 1 aliphatic rings. The van der Waals surface area contributed by atoms with E-state index in [0.29, 0.717) is 6.61 Å². The van der Waals surface area contributed by atoms with Gasteiger partial charge in [-0.05, 0) is 13.0 Å². The molecular formula is C12H14F3NO. The molecule has 1 aliphatic heterocycles. The lowest BCUT2D eigenvalue weighted by atomic mass is 9.94. The minimum Gasteiger partial charge on any atom is -0.493 e. The first-order valence-electron chi connectivity index (χ1n) is 5.49. The van der Waals surface area contributed by atoms with Gasteiger partial charge in [0.15, 0.2) is 0 Å². The van der Waals surface area contributed by atoms with E-state index in [2.05, 4.69) is 5.32 Å². The van der Waals surface area contributed by atoms with E-state index in [9.17, 15) is 13.2 Å². The third-order valence-corrected chi connectivity index (χ3v) is 2.96. The van der Waals surface area contributed by atoms with E-state index < -0.39 is 12.7 Å². The van der Waals surface area contributed by atoms with E-state index in [4.69, 9.17) is 4.74 Å². The van der Waals surface area contributed by atoms with Gasteiger partial charge in [-0.2, -0.15) is 13.2 Å². The number of fused-ring (bicyclic) bond motifs is 1. The third-order valence-electron chi connectivity index (χ3n) is 2.96. The Morgan fingerprint density at radius 2 is 2.12 bits per heavy atom. The highest BCUT2D eigenvalue weighted by molar-refractivity contribution is 5.40. The van der Waals surface area contributed by atoms with Crippen molar-refractivity contribution in [2.45, 2.75) is 25.1 Å². The summed E-state index contributed by atoms with van der Waals surface area (Å²) < 4.78 is 41.8. The molecule has 17 heavy (non-hydrogen) atoms. The zero-order valence-corrected chi connectivity index (χ0v) is 9.42. The molecule has 1 N–H and O–H groups in total. The molecule has 0 saturated carbocycles. The van der Waals surface area contributed by atoms with Crippen molar-refractivity contribution in [1.29, 1.82) is 0 Å². The molecule has 1 aromatic carbocycles. The Bertz CT molecular complexity index is 392. The molecule has 0 saturated heterocycles. The van der Waals surface area contributed by atoms with Gasteiger partial charge in [0.2, 0.25) is 0 Å². The summed E-state index contributed by atoms with van der Waals surface area (Å²) in [5.74, 6) is 0.756. The van der Waals surface area contributed by atoms with Gasteiger partial charge in [0.05, 0.1) is 13.2 Å². The first-order chi connectivity index (χ1) is 7.97. The van der Waals surface area contributed by atoms with Gasteiger partial charge < -0.3 is 10.1 Å². The lowest BCUT2D eigenvalue weighted by Crippen LogP contribution is -2.39. The van der Waals surface area contributed by atoms with Crippen LogP contribution >= 0.6 is 0 Å². The van der Waals surface area contributed by atoms with Crippen molar-refractivity contribution in [2.75, 3.05) is 13.2 Å². The summed E-state index contributed by atoms with van der Waals surface area (Å²) in [6.45, 7) is 1.22. The maximum Gasteiger partial charge on any atom is 0.401 e. The predicted octanol–water partition coefficient (Wildman–Crippen LogP) is 2.70. The van der Waals surface area contributed by atoms with Crippen molar-refractivity contribution in [3.63, 3.8) is 0 Å². The zero-order chi connectivity index (χ0) is 12.5. The van der Waals surface area contributed by atoms with E-state index in [1.807, 2.05) is 24.3 Å². The van der Waals surface area contributed by atoms with E-state index in [-0.39, 0.29) is 12.0 Å². The van der Waals surface area contributed by atoms with Crippen LogP contribution in [0.5, 0.6) is 5.75 Å². The quantitative estimate of drug-likeness (QED) is 0.884. The fourth-order valence-corrected chi connectivity index (χ4v) is 2.02. The standard InChI is InChI=1S/C12H14F3NO/c1-8(16-7-12(13,14)15)10-6-17-11-5-3-2-4-9(10)11/h2-5,8,10,16H,6-7H2,1H3/t8-,10-/m1/s1. The number of rotatable bonds is 3. The topological polar surface area (TPSA) is 21.3 Å². The van der Waals surface area contributed by atoms with Gasteiger partial charge in [-0.15, -0.1) is 0 Å². The number of para-hydroxylation sites is 1. The minimum absolute atomic E-state index is 0.0199. The number of hydrogen-bond donors (Lipinski definition) is 1. The Morgan fingerprint density at radius 3 is 2.82 bits per heavy atom. The third kappa shape index (κ3) is 2.91. The van der Waals surface area contributed by atoms with Gasteiger partial charge in [-0.3, -0.25) is 0 Å². The fourth-order valence-electron chi connectivity index (χ4n) is 2.02. The van der Waals surface area contributed by atoms with Crippen molar-refractivity contribution in [1.82, 2.24) is 5.32 Å². The summed E-state index contributed by atoms with van der Waals surface area (Å²) in [5.41, 5.74) is 0.981. The van der Waals surface area contributed by atoms with Gasteiger partial charge in [0.25, 0.3) is 0 Å². The number of benzene rings is 1. The molecule has 1 heterocycles. The summed E-state index contributed by atoms with van der Waals surface area (Å²) in [6, 6.07) is 7.21. The van der Waals surface area contributed by atoms with E-state index in [0.717, 1.165) is 11.3 Å². The highest BCUT2D eigenvalue weighted by Crippen LogP contribution is 2.35. The van der Waals surface area contributed by atoms with Crippen LogP contribution in [0.4, 0.5) is 13.2 Å². The molecule has 2 atom stereocenters. The number of hydrogen-bond acceptors (Lipinski definition) is 2. The Balaban J connectivity index is 2.00. The second kappa shape index (κ2) is 4.56. The van der Waals surface area contributed by atoms with Crippen molar-refractivity contribution in [2.24, 2.45) is 0 Å². The Kier molecular flexibility index (Phi) is 3.28. The molecule has 1 aromatic rings. The van der Waals surface area contributed by atoms with Crippen LogP contribution in [0.15, 0.2) is 24.3 Å². The van der Waals surface area contributed by atoms with Crippen LogP contribution in [0.25, 0.3) is 0 Å². The first kappa shape index (κ1) is 12.2. The average molecular weight is 245 g/mol. The highest BCUT2D eigenvalue weighted by atomic mass is 19.4.